The SMILES string of the molecule is CCCn1ccnc1C(NC)C(F)(F)F. The molecular weight excluding hydrogens is 207 g/mol. The number of aryl methyl sites for hydroxylation is 1. The Kier molecular flexibility index (Phi) is 3.73. The van der Waals surface area contributed by atoms with Gasteiger partial charge in [-0.1, -0.05) is 6.92 Å². The molecule has 6 heteroatoms. The third-order valence-corrected chi connectivity index (χ3v) is 2.09. The maximum atomic E-state index is 12.6. The smallest absolute Gasteiger partial charge is 0.333 e. The molecule has 1 rings (SSSR count). The Bertz CT molecular complexity index is 306. The quantitative estimate of drug-likeness (QED) is 0.844. The van der Waals surface area contributed by atoms with Crippen molar-refractivity contribution < 1.29 is 13.2 Å². The fraction of sp³-hybridized carbons (Fsp3) is 0.667. The van der Waals surface area contributed by atoms with E-state index in [2.05, 4.69) is 10.3 Å². The highest BCUT2D eigenvalue weighted by molar-refractivity contribution is 5.02. The van der Waals surface area contributed by atoms with Gasteiger partial charge in [-0.05, 0) is 13.5 Å². The maximum absolute atomic E-state index is 12.6. The molecule has 1 unspecified atom stereocenters. The molecule has 1 heterocycles. The van der Waals surface area contributed by atoms with Gasteiger partial charge in [0.05, 0.1) is 0 Å². The summed E-state index contributed by atoms with van der Waals surface area (Å²) < 4.78 is 39.3. The van der Waals surface area contributed by atoms with E-state index in [1.165, 1.54) is 17.8 Å². The largest absolute Gasteiger partial charge is 0.410 e. The second-order valence-corrected chi connectivity index (χ2v) is 3.24. The van der Waals surface area contributed by atoms with Crippen molar-refractivity contribution >= 4 is 0 Å². The average molecular weight is 221 g/mol. The number of imidazole rings is 1. The van der Waals surface area contributed by atoms with Crippen LogP contribution in [0.2, 0.25) is 0 Å². The third kappa shape index (κ3) is 2.71. The molecule has 0 aromatic carbocycles. The molecule has 0 saturated carbocycles. The summed E-state index contributed by atoms with van der Waals surface area (Å²) in [4.78, 5) is 3.75. The highest BCUT2D eigenvalue weighted by Crippen LogP contribution is 2.31. The minimum atomic E-state index is -4.31. The summed E-state index contributed by atoms with van der Waals surface area (Å²) >= 11 is 0. The highest BCUT2D eigenvalue weighted by Gasteiger charge is 2.42. The zero-order chi connectivity index (χ0) is 11.5. The van der Waals surface area contributed by atoms with Gasteiger partial charge in [-0.15, -0.1) is 0 Å². The van der Waals surface area contributed by atoms with Crippen LogP contribution in [0.5, 0.6) is 0 Å². The summed E-state index contributed by atoms with van der Waals surface area (Å²) in [5, 5.41) is 2.23. The number of halogens is 3. The lowest BCUT2D eigenvalue weighted by atomic mass is 10.2. The van der Waals surface area contributed by atoms with Crippen LogP contribution in [0.3, 0.4) is 0 Å². The van der Waals surface area contributed by atoms with Crippen LogP contribution in [-0.2, 0) is 6.54 Å². The summed E-state index contributed by atoms with van der Waals surface area (Å²) in [5.74, 6) is 0.0202. The van der Waals surface area contributed by atoms with Gasteiger partial charge in [0.15, 0.2) is 6.04 Å². The molecule has 1 atom stereocenters. The zero-order valence-corrected chi connectivity index (χ0v) is 8.67. The van der Waals surface area contributed by atoms with Crippen LogP contribution in [0.1, 0.15) is 25.2 Å². The molecule has 0 amide bonds. The van der Waals surface area contributed by atoms with Gasteiger partial charge in [0.1, 0.15) is 5.82 Å². The molecule has 0 aliphatic heterocycles. The second-order valence-electron chi connectivity index (χ2n) is 3.24. The number of rotatable bonds is 4. The second kappa shape index (κ2) is 4.65. The van der Waals surface area contributed by atoms with Crippen molar-refractivity contribution in [3.8, 4) is 0 Å². The van der Waals surface area contributed by atoms with E-state index < -0.39 is 12.2 Å². The first-order valence-corrected chi connectivity index (χ1v) is 4.75. The molecule has 1 aromatic heterocycles. The Hall–Kier alpha value is -1.04. The van der Waals surface area contributed by atoms with E-state index in [0.717, 1.165) is 6.42 Å². The number of nitrogens with one attached hydrogen (secondary N) is 1. The first-order chi connectivity index (χ1) is 7.00. The number of hydrogen-bond acceptors (Lipinski definition) is 2. The van der Waals surface area contributed by atoms with Crippen molar-refractivity contribution in [3.63, 3.8) is 0 Å². The molecule has 1 N–H and O–H groups in total. The molecule has 0 aliphatic carbocycles. The van der Waals surface area contributed by atoms with E-state index in [1.807, 2.05) is 6.92 Å². The van der Waals surface area contributed by atoms with Crippen LogP contribution in [0.15, 0.2) is 12.4 Å². The highest BCUT2D eigenvalue weighted by atomic mass is 19.4. The lowest BCUT2D eigenvalue weighted by molar-refractivity contribution is -0.158. The van der Waals surface area contributed by atoms with E-state index in [-0.39, 0.29) is 5.82 Å². The third-order valence-electron chi connectivity index (χ3n) is 2.09. The van der Waals surface area contributed by atoms with E-state index in [0.29, 0.717) is 6.54 Å². The number of nitrogens with zero attached hydrogens (tertiary/aromatic N) is 2. The van der Waals surface area contributed by atoms with Crippen molar-refractivity contribution in [2.75, 3.05) is 7.05 Å². The summed E-state index contributed by atoms with van der Waals surface area (Å²) in [6.45, 7) is 2.45. The van der Waals surface area contributed by atoms with Crippen LogP contribution < -0.4 is 5.32 Å². The summed E-state index contributed by atoms with van der Waals surface area (Å²) in [6.07, 6.45) is -0.584. The molecule has 1 aromatic rings. The van der Waals surface area contributed by atoms with Crippen LogP contribution in [0, 0.1) is 0 Å². The lowest BCUT2D eigenvalue weighted by Gasteiger charge is -2.20. The van der Waals surface area contributed by atoms with Crippen LogP contribution in [0.25, 0.3) is 0 Å². The van der Waals surface area contributed by atoms with Crippen LogP contribution >= 0.6 is 0 Å². The molecule has 86 valence electrons. The van der Waals surface area contributed by atoms with Crippen molar-refractivity contribution in [1.82, 2.24) is 14.9 Å². The molecule has 0 radical (unpaired) electrons. The fourth-order valence-electron chi connectivity index (χ4n) is 1.45. The Balaban J connectivity index is 2.96. The minimum absolute atomic E-state index is 0.0202. The van der Waals surface area contributed by atoms with Gasteiger partial charge in [0.2, 0.25) is 0 Å². The Morgan fingerprint density at radius 2 is 2.20 bits per heavy atom. The Morgan fingerprint density at radius 3 is 2.67 bits per heavy atom. The molecular formula is C9H14F3N3. The van der Waals surface area contributed by atoms with Gasteiger partial charge in [-0.25, -0.2) is 4.98 Å². The molecule has 0 bridgehead atoms. The normalized spacial score (nSPS) is 14.2. The first kappa shape index (κ1) is 12.0. The standard InChI is InChI=1S/C9H14F3N3/c1-3-5-15-6-4-14-8(15)7(13-2)9(10,11)12/h4,6-7,13H,3,5H2,1-2H3. The molecule has 15 heavy (non-hydrogen) atoms. The summed E-state index contributed by atoms with van der Waals surface area (Å²) in [7, 11) is 1.28. The van der Waals surface area contributed by atoms with Crippen LogP contribution in [-0.4, -0.2) is 22.8 Å². The Morgan fingerprint density at radius 1 is 1.53 bits per heavy atom. The van der Waals surface area contributed by atoms with Gasteiger partial charge in [-0.2, -0.15) is 13.2 Å². The molecule has 0 aliphatic rings. The first-order valence-electron chi connectivity index (χ1n) is 4.75. The topological polar surface area (TPSA) is 29.9 Å². The maximum Gasteiger partial charge on any atom is 0.410 e. The Labute approximate surface area is 86.3 Å². The van der Waals surface area contributed by atoms with Crippen molar-refractivity contribution in [2.45, 2.75) is 32.1 Å². The fourth-order valence-corrected chi connectivity index (χ4v) is 1.45. The van der Waals surface area contributed by atoms with E-state index >= 15 is 0 Å². The lowest BCUT2D eigenvalue weighted by Crippen LogP contribution is -2.34. The van der Waals surface area contributed by atoms with Crippen molar-refractivity contribution in [3.05, 3.63) is 18.2 Å². The molecule has 0 fully saturated rings. The zero-order valence-electron chi connectivity index (χ0n) is 8.67. The van der Waals surface area contributed by atoms with E-state index in [9.17, 15) is 13.2 Å². The number of alkyl halides is 3. The monoisotopic (exact) mass is 221 g/mol. The van der Waals surface area contributed by atoms with Gasteiger partial charge in [0, 0.05) is 18.9 Å². The van der Waals surface area contributed by atoms with Gasteiger partial charge >= 0.3 is 6.18 Å². The predicted molar refractivity (Wildman–Crippen MR) is 50.4 cm³/mol. The molecule has 0 spiro atoms. The predicted octanol–water partition coefficient (Wildman–Crippen LogP) is 2.12. The van der Waals surface area contributed by atoms with E-state index in [4.69, 9.17) is 0 Å². The summed E-state index contributed by atoms with van der Waals surface area (Å²) in [6, 6.07) is -1.70. The number of aromatic nitrogens is 2. The summed E-state index contributed by atoms with van der Waals surface area (Å²) in [5.41, 5.74) is 0. The van der Waals surface area contributed by atoms with Gasteiger partial charge in [-0.3, -0.25) is 0 Å². The molecule has 3 nitrogen and oxygen atoms in total. The van der Waals surface area contributed by atoms with Crippen molar-refractivity contribution in [1.29, 1.82) is 0 Å². The van der Waals surface area contributed by atoms with Crippen LogP contribution in [0.4, 0.5) is 13.2 Å². The van der Waals surface area contributed by atoms with E-state index in [1.54, 1.807) is 6.20 Å². The average Bonchev–Trinajstić information content (AvgIpc) is 2.53. The van der Waals surface area contributed by atoms with Gasteiger partial charge < -0.3 is 9.88 Å². The van der Waals surface area contributed by atoms with Gasteiger partial charge in [0.25, 0.3) is 0 Å². The number of hydrogen-bond donors (Lipinski definition) is 1. The molecule has 0 saturated heterocycles. The minimum Gasteiger partial charge on any atom is -0.333 e. The van der Waals surface area contributed by atoms with Crippen molar-refractivity contribution in [2.24, 2.45) is 0 Å².